The molecule has 1 heterocycles. The number of hydrogen-bond acceptors (Lipinski definition) is 3. The first-order valence-corrected chi connectivity index (χ1v) is 7.06. The maximum atomic E-state index is 12.3. The van der Waals surface area contributed by atoms with Crippen molar-refractivity contribution in [3.8, 4) is 0 Å². The minimum atomic E-state index is 0.137. The van der Waals surface area contributed by atoms with Crippen LogP contribution in [0.5, 0.6) is 0 Å². The van der Waals surface area contributed by atoms with E-state index in [0.717, 1.165) is 20.9 Å². The van der Waals surface area contributed by atoms with Gasteiger partial charge in [-0.1, -0.05) is 12.1 Å². The monoisotopic (exact) mass is 248 g/mol. The van der Waals surface area contributed by atoms with Gasteiger partial charge in [0.15, 0.2) is 0 Å². The van der Waals surface area contributed by atoms with Gasteiger partial charge in [-0.3, -0.25) is 4.79 Å². The van der Waals surface area contributed by atoms with Crippen LogP contribution < -0.4 is 0 Å². The molecule has 1 nitrogen and oxygen atoms in total. The summed E-state index contributed by atoms with van der Waals surface area (Å²) in [4.78, 5) is 14.2. The lowest BCUT2D eigenvalue weighted by atomic mass is 10.1. The molecule has 0 N–H and O–H groups in total. The molecule has 0 unspecified atom stereocenters. The van der Waals surface area contributed by atoms with E-state index in [2.05, 4.69) is 0 Å². The van der Waals surface area contributed by atoms with Crippen molar-refractivity contribution in [2.75, 3.05) is 6.26 Å². The van der Waals surface area contributed by atoms with E-state index < -0.39 is 0 Å². The zero-order valence-electron chi connectivity index (χ0n) is 9.19. The van der Waals surface area contributed by atoms with E-state index in [-0.39, 0.29) is 5.78 Å². The molecule has 0 spiro atoms. The highest BCUT2D eigenvalue weighted by Gasteiger charge is 2.15. The fourth-order valence-electron chi connectivity index (χ4n) is 1.56. The van der Waals surface area contributed by atoms with Gasteiger partial charge in [0, 0.05) is 10.5 Å². The maximum Gasteiger partial charge on any atom is 0.204 e. The molecule has 1 aromatic heterocycles. The quantitative estimate of drug-likeness (QED) is 0.603. The summed E-state index contributed by atoms with van der Waals surface area (Å²) in [5.74, 6) is 0.137. The molecule has 0 aliphatic heterocycles. The molecular formula is C13H12OS2. The first-order chi connectivity index (χ1) is 7.74. The van der Waals surface area contributed by atoms with Gasteiger partial charge in [-0.15, -0.1) is 23.1 Å². The van der Waals surface area contributed by atoms with Crippen LogP contribution >= 0.6 is 23.1 Å². The van der Waals surface area contributed by atoms with Crippen LogP contribution in [0.2, 0.25) is 0 Å². The Balaban J connectivity index is 2.46. The Morgan fingerprint density at radius 3 is 2.62 bits per heavy atom. The van der Waals surface area contributed by atoms with Gasteiger partial charge in [-0.05, 0) is 42.3 Å². The van der Waals surface area contributed by atoms with Gasteiger partial charge < -0.3 is 0 Å². The summed E-state index contributed by atoms with van der Waals surface area (Å²) in [6.07, 6.45) is 1.99. The summed E-state index contributed by atoms with van der Waals surface area (Å²) in [5.41, 5.74) is 1.87. The Morgan fingerprint density at radius 1 is 1.25 bits per heavy atom. The van der Waals surface area contributed by atoms with E-state index in [0.29, 0.717) is 0 Å². The normalized spacial score (nSPS) is 10.4. The van der Waals surface area contributed by atoms with Crippen molar-refractivity contribution in [1.29, 1.82) is 0 Å². The molecule has 0 amide bonds. The third-order valence-corrected chi connectivity index (χ3v) is 4.23. The van der Waals surface area contributed by atoms with E-state index in [1.807, 2.05) is 48.9 Å². The van der Waals surface area contributed by atoms with Crippen molar-refractivity contribution < 1.29 is 4.79 Å². The molecule has 0 aliphatic carbocycles. The van der Waals surface area contributed by atoms with Crippen molar-refractivity contribution in [1.82, 2.24) is 0 Å². The van der Waals surface area contributed by atoms with Crippen molar-refractivity contribution in [2.24, 2.45) is 0 Å². The fourth-order valence-corrected chi connectivity index (χ4v) is 3.03. The SMILES string of the molecule is CSc1ccccc1C(=O)c1sccc1C. The van der Waals surface area contributed by atoms with Gasteiger partial charge in [0.1, 0.15) is 0 Å². The van der Waals surface area contributed by atoms with Crippen molar-refractivity contribution >= 4 is 28.9 Å². The van der Waals surface area contributed by atoms with Crippen molar-refractivity contribution in [3.05, 3.63) is 51.7 Å². The predicted octanol–water partition coefficient (Wildman–Crippen LogP) is 4.01. The third kappa shape index (κ3) is 2.06. The Kier molecular flexibility index (Phi) is 3.46. The van der Waals surface area contributed by atoms with Crippen LogP contribution in [0.3, 0.4) is 0 Å². The summed E-state index contributed by atoms with van der Waals surface area (Å²) in [6.45, 7) is 1.98. The maximum absolute atomic E-state index is 12.3. The van der Waals surface area contributed by atoms with Crippen molar-refractivity contribution in [2.45, 2.75) is 11.8 Å². The molecule has 0 bridgehead atoms. The van der Waals surface area contributed by atoms with E-state index in [4.69, 9.17) is 0 Å². The van der Waals surface area contributed by atoms with E-state index in [9.17, 15) is 4.79 Å². The molecule has 0 saturated carbocycles. The van der Waals surface area contributed by atoms with Gasteiger partial charge in [0.25, 0.3) is 0 Å². The lowest BCUT2D eigenvalue weighted by Crippen LogP contribution is -2.01. The van der Waals surface area contributed by atoms with Crippen molar-refractivity contribution in [3.63, 3.8) is 0 Å². The second kappa shape index (κ2) is 4.85. The topological polar surface area (TPSA) is 17.1 Å². The Labute approximate surface area is 104 Å². The summed E-state index contributed by atoms with van der Waals surface area (Å²) >= 11 is 3.12. The van der Waals surface area contributed by atoms with Crippen LogP contribution in [-0.2, 0) is 0 Å². The number of rotatable bonds is 3. The zero-order chi connectivity index (χ0) is 11.5. The lowest BCUT2D eigenvalue weighted by Gasteiger charge is -2.05. The Morgan fingerprint density at radius 2 is 2.00 bits per heavy atom. The molecule has 0 fully saturated rings. The largest absolute Gasteiger partial charge is 0.288 e. The number of carbonyl (C=O) groups is 1. The van der Waals surface area contributed by atoms with Crippen LogP contribution in [0.1, 0.15) is 20.8 Å². The third-order valence-electron chi connectivity index (χ3n) is 2.42. The minimum Gasteiger partial charge on any atom is -0.288 e. The Hall–Kier alpha value is -1.06. The Bertz CT molecular complexity index is 514. The fraction of sp³-hybridized carbons (Fsp3) is 0.154. The molecule has 2 aromatic rings. The van der Waals surface area contributed by atoms with Gasteiger partial charge in [0.05, 0.1) is 4.88 Å². The molecule has 0 radical (unpaired) electrons. The summed E-state index contributed by atoms with van der Waals surface area (Å²) < 4.78 is 0. The van der Waals surface area contributed by atoms with Gasteiger partial charge >= 0.3 is 0 Å². The smallest absolute Gasteiger partial charge is 0.204 e. The van der Waals surface area contributed by atoms with E-state index in [1.165, 1.54) is 11.3 Å². The van der Waals surface area contributed by atoms with E-state index >= 15 is 0 Å². The molecular weight excluding hydrogens is 236 g/mol. The number of thioether (sulfide) groups is 1. The van der Waals surface area contributed by atoms with Gasteiger partial charge in [-0.2, -0.15) is 0 Å². The second-order valence-electron chi connectivity index (χ2n) is 3.46. The molecule has 0 aliphatic rings. The van der Waals surface area contributed by atoms with E-state index in [1.54, 1.807) is 11.8 Å². The summed E-state index contributed by atoms with van der Waals surface area (Å²) in [6, 6.07) is 9.74. The molecule has 0 atom stereocenters. The predicted molar refractivity (Wildman–Crippen MR) is 70.7 cm³/mol. The first kappa shape index (κ1) is 11.4. The van der Waals surface area contributed by atoms with Crippen LogP contribution in [0.4, 0.5) is 0 Å². The lowest BCUT2D eigenvalue weighted by molar-refractivity contribution is 0.103. The molecule has 3 heteroatoms. The average Bonchev–Trinajstić information content (AvgIpc) is 2.74. The number of benzene rings is 1. The number of aryl methyl sites for hydroxylation is 1. The number of thiophene rings is 1. The average molecular weight is 248 g/mol. The molecule has 2 rings (SSSR count). The highest BCUT2D eigenvalue weighted by atomic mass is 32.2. The standard InChI is InChI=1S/C13H12OS2/c1-9-7-8-16-13(9)12(14)10-5-3-4-6-11(10)15-2/h3-8H,1-2H3. The minimum absolute atomic E-state index is 0.137. The second-order valence-corrected chi connectivity index (χ2v) is 5.23. The number of carbonyl (C=O) groups excluding carboxylic acids is 1. The summed E-state index contributed by atoms with van der Waals surface area (Å²) in [7, 11) is 0. The van der Waals surface area contributed by atoms with Crippen LogP contribution in [0, 0.1) is 6.92 Å². The van der Waals surface area contributed by atoms with Gasteiger partial charge in [-0.25, -0.2) is 0 Å². The zero-order valence-corrected chi connectivity index (χ0v) is 10.8. The summed E-state index contributed by atoms with van der Waals surface area (Å²) in [5, 5.41) is 1.96. The molecule has 0 saturated heterocycles. The molecule has 16 heavy (non-hydrogen) atoms. The molecule has 1 aromatic carbocycles. The van der Waals surface area contributed by atoms with Gasteiger partial charge in [0.2, 0.25) is 5.78 Å². The number of hydrogen-bond donors (Lipinski definition) is 0. The highest BCUT2D eigenvalue weighted by Crippen LogP contribution is 2.26. The van der Waals surface area contributed by atoms with Crippen LogP contribution in [0.15, 0.2) is 40.6 Å². The number of ketones is 1. The van der Waals surface area contributed by atoms with Crippen LogP contribution in [0.25, 0.3) is 0 Å². The first-order valence-electron chi connectivity index (χ1n) is 4.96. The highest BCUT2D eigenvalue weighted by molar-refractivity contribution is 7.98. The van der Waals surface area contributed by atoms with Crippen LogP contribution in [-0.4, -0.2) is 12.0 Å². The molecule has 82 valence electrons.